The van der Waals surface area contributed by atoms with Gasteiger partial charge in [0.05, 0.1) is 10.7 Å². The highest BCUT2D eigenvalue weighted by Crippen LogP contribution is 2.24. The Hall–Kier alpha value is -2.53. The van der Waals surface area contributed by atoms with Gasteiger partial charge in [-0.3, -0.25) is 9.59 Å². The zero-order valence-corrected chi connectivity index (χ0v) is 16.0. The first kappa shape index (κ1) is 19.8. The molecular formula is C20H24ClN3O2. The molecule has 0 unspecified atom stereocenters. The summed E-state index contributed by atoms with van der Waals surface area (Å²) in [7, 11) is 1.74. The Morgan fingerprint density at radius 3 is 2.54 bits per heavy atom. The third-order valence-electron chi connectivity index (χ3n) is 4.26. The number of nitrogens with two attached hydrogens (primary N) is 1. The van der Waals surface area contributed by atoms with E-state index < -0.39 is 0 Å². The molecule has 5 nitrogen and oxygen atoms in total. The van der Waals surface area contributed by atoms with Crippen LogP contribution in [0.3, 0.4) is 0 Å². The summed E-state index contributed by atoms with van der Waals surface area (Å²) in [5.74, 6) is -0.304. The average molecular weight is 374 g/mol. The summed E-state index contributed by atoms with van der Waals surface area (Å²) in [5.41, 5.74) is 8.40. The third kappa shape index (κ3) is 4.99. The van der Waals surface area contributed by atoms with Crippen LogP contribution in [0, 0.1) is 0 Å². The molecule has 2 aromatic carbocycles. The minimum absolute atomic E-state index is 0.0764. The third-order valence-corrected chi connectivity index (χ3v) is 4.59. The molecular weight excluding hydrogens is 350 g/mol. The van der Waals surface area contributed by atoms with Crippen molar-refractivity contribution >= 4 is 34.8 Å². The molecule has 2 rings (SSSR count). The summed E-state index contributed by atoms with van der Waals surface area (Å²) in [5, 5.41) is 3.17. The Kier molecular flexibility index (Phi) is 6.64. The van der Waals surface area contributed by atoms with Crippen LogP contribution in [0.15, 0.2) is 42.5 Å². The number of anilines is 2. The Balaban J connectivity index is 2.06. The highest BCUT2D eigenvalue weighted by Gasteiger charge is 2.16. The Morgan fingerprint density at radius 2 is 1.88 bits per heavy atom. The number of halogens is 1. The van der Waals surface area contributed by atoms with Gasteiger partial charge in [-0.25, -0.2) is 0 Å². The van der Waals surface area contributed by atoms with Crippen LogP contribution in [0.2, 0.25) is 5.02 Å². The van der Waals surface area contributed by atoms with E-state index in [0.29, 0.717) is 28.4 Å². The van der Waals surface area contributed by atoms with E-state index in [1.165, 1.54) is 0 Å². The van der Waals surface area contributed by atoms with Crippen molar-refractivity contribution in [2.45, 2.75) is 32.7 Å². The molecule has 138 valence electrons. The molecule has 0 saturated heterocycles. The Labute approximate surface area is 159 Å². The van der Waals surface area contributed by atoms with Crippen molar-refractivity contribution in [1.29, 1.82) is 0 Å². The maximum atomic E-state index is 12.4. The molecule has 0 saturated carbocycles. The average Bonchev–Trinajstić information content (AvgIpc) is 2.61. The number of nitrogens with one attached hydrogen (secondary N) is 1. The van der Waals surface area contributed by atoms with Crippen LogP contribution in [-0.4, -0.2) is 29.8 Å². The number of amides is 2. The van der Waals surface area contributed by atoms with E-state index in [0.717, 1.165) is 5.56 Å². The maximum Gasteiger partial charge on any atom is 0.253 e. The smallest absolute Gasteiger partial charge is 0.253 e. The van der Waals surface area contributed by atoms with E-state index in [1.54, 1.807) is 30.1 Å². The van der Waals surface area contributed by atoms with E-state index in [9.17, 15) is 9.59 Å². The van der Waals surface area contributed by atoms with Crippen LogP contribution < -0.4 is 11.1 Å². The number of benzene rings is 2. The minimum atomic E-state index is -0.183. The molecule has 2 aromatic rings. The number of hydrogen-bond acceptors (Lipinski definition) is 3. The van der Waals surface area contributed by atoms with Gasteiger partial charge in [0.2, 0.25) is 5.91 Å². The summed E-state index contributed by atoms with van der Waals surface area (Å²) in [4.78, 5) is 26.3. The first-order valence-electron chi connectivity index (χ1n) is 8.49. The fraction of sp³-hybridized carbons (Fsp3) is 0.300. The number of nitrogen functional groups attached to an aromatic ring is 1. The fourth-order valence-electron chi connectivity index (χ4n) is 2.42. The quantitative estimate of drug-likeness (QED) is 0.752. The molecule has 0 aliphatic carbocycles. The number of aryl methyl sites for hydroxylation is 1. The molecule has 0 heterocycles. The van der Waals surface area contributed by atoms with Crippen molar-refractivity contribution in [3.63, 3.8) is 0 Å². The van der Waals surface area contributed by atoms with Gasteiger partial charge < -0.3 is 16.0 Å². The van der Waals surface area contributed by atoms with Crippen LogP contribution >= 0.6 is 11.6 Å². The van der Waals surface area contributed by atoms with E-state index in [2.05, 4.69) is 5.32 Å². The summed E-state index contributed by atoms with van der Waals surface area (Å²) in [6.45, 7) is 3.87. The SMILES string of the molecule is CC(C)N(C)C(=O)c1ccc(Cl)c(NC(=O)CCc2ccccc2N)c1. The second-order valence-electron chi connectivity index (χ2n) is 6.45. The summed E-state index contributed by atoms with van der Waals surface area (Å²) in [6, 6.07) is 12.4. The molecule has 0 radical (unpaired) electrons. The van der Waals surface area contributed by atoms with Gasteiger partial charge >= 0.3 is 0 Å². The molecule has 6 heteroatoms. The number of carbonyl (C=O) groups excluding carboxylic acids is 2. The van der Waals surface area contributed by atoms with Crippen molar-refractivity contribution in [2.24, 2.45) is 0 Å². The van der Waals surface area contributed by atoms with Gasteiger partial charge in [-0.2, -0.15) is 0 Å². The van der Waals surface area contributed by atoms with Crippen LogP contribution in [0.4, 0.5) is 11.4 Å². The molecule has 3 N–H and O–H groups in total. The minimum Gasteiger partial charge on any atom is -0.399 e. The maximum absolute atomic E-state index is 12.4. The van der Waals surface area contributed by atoms with E-state index >= 15 is 0 Å². The topological polar surface area (TPSA) is 75.4 Å². The van der Waals surface area contributed by atoms with Gasteiger partial charge in [0.25, 0.3) is 5.91 Å². The standard InChI is InChI=1S/C20H24ClN3O2/c1-13(2)24(3)20(26)15-8-10-16(21)18(12-15)23-19(25)11-9-14-6-4-5-7-17(14)22/h4-8,10,12-13H,9,11,22H2,1-3H3,(H,23,25). The van der Waals surface area contributed by atoms with E-state index in [4.69, 9.17) is 17.3 Å². The van der Waals surface area contributed by atoms with Gasteiger partial charge in [-0.1, -0.05) is 29.8 Å². The van der Waals surface area contributed by atoms with Crippen molar-refractivity contribution in [2.75, 3.05) is 18.1 Å². The summed E-state index contributed by atoms with van der Waals surface area (Å²) in [6.07, 6.45) is 0.805. The number of rotatable bonds is 6. The molecule has 0 bridgehead atoms. The lowest BCUT2D eigenvalue weighted by Gasteiger charge is -2.22. The van der Waals surface area contributed by atoms with E-state index in [-0.39, 0.29) is 24.3 Å². The molecule has 0 aliphatic heterocycles. The first-order valence-corrected chi connectivity index (χ1v) is 8.87. The van der Waals surface area contributed by atoms with Crippen molar-refractivity contribution in [3.05, 3.63) is 58.6 Å². The normalized spacial score (nSPS) is 10.7. The van der Waals surface area contributed by atoms with Crippen LogP contribution in [0.1, 0.15) is 36.2 Å². The number of para-hydroxylation sites is 1. The highest BCUT2D eigenvalue weighted by atomic mass is 35.5. The second kappa shape index (κ2) is 8.72. The molecule has 0 atom stereocenters. The lowest BCUT2D eigenvalue weighted by molar-refractivity contribution is -0.116. The zero-order chi connectivity index (χ0) is 19.3. The predicted molar refractivity (Wildman–Crippen MR) is 106 cm³/mol. The van der Waals surface area contributed by atoms with Crippen LogP contribution in [-0.2, 0) is 11.2 Å². The lowest BCUT2D eigenvalue weighted by Crippen LogP contribution is -2.33. The zero-order valence-electron chi connectivity index (χ0n) is 15.3. The van der Waals surface area contributed by atoms with Gasteiger partial charge in [-0.15, -0.1) is 0 Å². The van der Waals surface area contributed by atoms with Crippen molar-refractivity contribution in [1.82, 2.24) is 4.90 Å². The molecule has 0 fully saturated rings. The summed E-state index contributed by atoms with van der Waals surface area (Å²) >= 11 is 6.17. The number of carbonyl (C=O) groups is 2. The van der Waals surface area contributed by atoms with Gasteiger partial charge in [0.15, 0.2) is 0 Å². The van der Waals surface area contributed by atoms with Gasteiger partial charge in [0.1, 0.15) is 0 Å². The summed E-state index contributed by atoms with van der Waals surface area (Å²) < 4.78 is 0. The Morgan fingerprint density at radius 1 is 1.19 bits per heavy atom. The lowest BCUT2D eigenvalue weighted by atomic mass is 10.1. The number of nitrogens with zero attached hydrogens (tertiary/aromatic N) is 1. The van der Waals surface area contributed by atoms with Gasteiger partial charge in [-0.05, 0) is 50.1 Å². The van der Waals surface area contributed by atoms with Crippen molar-refractivity contribution in [3.8, 4) is 0 Å². The molecule has 2 amide bonds. The van der Waals surface area contributed by atoms with Gasteiger partial charge in [0, 0.05) is 30.8 Å². The highest BCUT2D eigenvalue weighted by molar-refractivity contribution is 6.33. The molecule has 26 heavy (non-hydrogen) atoms. The Bertz CT molecular complexity index is 805. The fourth-order valence-corrected chi connectivity index (χ4v) is 2.58. The predicted octanol–water partition coefficient (Wildman–Crippen LogP) is 3.97. The molecule has 0 aliphatic rings. The first-order chi connectivity index (χ1) is 12.3. The van der Waals surface area contributed by atoms with Crippen LogP contribution in [0.25, 0.3) is 0 Å². The largest absolute Gasteiger partial charge is 0.399 e. The van der Waals surface area contributed by atoms with Crippen molar-refractivity contribution < 1.29 is 9.59 Å². The van der Waals surface area contributed by atoms with Crippen LogP contribution in [0.5, 0.6) is 0 Å². The molecule has 0 spiro atoms. The number of hydrogen-bond donors (Lipinski definition) is 2. The molecule has 0 aromatic heterocycles. The van der Waals surface area contributed by atoms with E-state index in [1.807, 2.05) is 38.1 Å². The monoisotopic (exact) mass is 373 g/mol. The second-order valence-corrected chi connectivity index (χ2v) is 6.86.